The summed E-state index contributed by atoms with van der Waals surface area (Å²) in [6, 6.07) is 100. The van der Waals surface area contributed by atoms with Gasteiger partial charge in [0, 0.05) is 34.1 Å². The van der Waals surface area contributed by atoms with Gasteiger partial charge in [-0.1, -0.05) is 236 Å². The lowest BCUT2D eigenvalue weighted by Gasteiger charge is -2.33. The normalized spacial score (nSPS) is 13.0. The summed E-state index contributed by atoms with van der Waals surface area (Å²) >= 11 is 0. The number of hydrogen-bond acceptors (Lipinski definition) is 2. The van der Waals surface area contributed by atoms with Crippen LogP contribution < -0.4 is 9.80 Å². The molecule has 2 heteroatoms. The van der Waals surface area contributed by atoms with E-state index in [1.54, 1.807) is 0 Å². The monoisotopic (exact) mass is 1010 g/mol. The van der Waals surface area contributed by atoms with Crippen LogP contribution in [0.2, 0.25) is 0 Å². The summed E-state index contributed by atoms with van der Waals surface area (Å²) < 4.78 is 0. The molecular formula is C77H62N2. The second kappa shape index (κ2) is 18.5. The van der Waals surface area contributed by atoms with Gasteiger partial charge in [0.2, 0.25) is 0 Å². The van der Waals surface area contributed by atoms with Crippen molar-refractivity contribution in [3.05, 3.63) is 300 Å². The first kappa shape index (κ1) is 48.2. The van der Waals surface area contributed by atoms with Crippen molar-refractivity contribution in [3.8, 4) is 44.5 Å². The van der Waals surface area contributed by atoms with E-state index in [1.807, 2.05) is 0 Å². The van der Waals surface area contributed by atoms with Gasteiger partial charge in [-0.15, -0.1) is 0 Å². The fourth-order valence-corrected chi connectivity index (χ4v) is 13.1. The summed E-state index contributed by atoms with van der Waals surface area (Å²) in [7, 11) is 0. The minimum Gasteiger partial charge on any atom is -0.310 e. The van der Waals surface area contributed by atoms with E-state index in [2.05, 4.69) is 318 Å². The summed E-state index contributed by atoms with van der Waals surface area (Å²) in [6.45, 7) is 13.7. The maximum absolute atomic E-state index is 2.54. The van der Waals surface area contributed by atoms with Crippen LogP contribution in [0.1, 0.15) is 74.9 Å². The molecule has 2 aliphatic carbocycles. The summed E-state index contributed by atoms with van der Waals surface area (Å²) in [5.41, 5.74) is 23.9. The zero-order valence-corrected chi connectivity index (χ0v) is 45.8. The molecule has 0 bridgehead atoms. The van der Waals surface area contributed by atoms with Crippen molar-refractivity contribution in [2.45, 2.75) is 57.8 Å². The van der Waals surface area contributed by atoms with E-state index in [9.17, 15) is 0 Å². The summed E-state index contributed by atoms with van der Waals surface area (Å²) in [4.78, 5) is 4.92. The van der Waals surface area contributed by atoms with E-state index in [1.165, 1.54) is 99.4 Å². The van der Waals surface area contributed by atoms with Gasteiger partial charge in [-0.2, -0.15) is 0 Å². The van der Waals surface area contributed by atoms with Crippen LogP contribution in [0, 0.1) is 0 Å². The fraction of sp³-hybridized carbons (Fsp3) is 0.117. The van der Waals surface area contributed by atoms with E-state index in [0.29, 0.717) is 0 Å². The Kier molecular flexibility index (Phi) is 11.3. The number of anilines is 6. The van der Waals surface area contributed by atoms with Crippen LogP contribution in [0.15, 0.2) is 267 Å². The van der Waals surface area contributed by atoms with Gasteiger partial charge in [0.05, 0.1) is 5.41 Å². The second-order valence-electron chi connectivity index (χ2n) is 23.7. The lowest BCUT2D eigenvalue weighted by Crippen LogP contribution is -2.26. The molecule has 0 heterocycles. The molecule has 0 radical (unpaired) electrons. The van der Waals surface area contributed by atoms with Gasteiger partial charge in [0.25, 0.3) is 0 Å². The molecule has 380 valence electrons. The number of nitrogens with zero attached hydrogens (tertiary/aromatic N) is 2. The van der Waals surface area contributed by atoms with E-state index in [0.717, 1.165) is 34.1 Å². The molecule has 2 nitrogen and oxygen atoms in total. The Hall–Kier alpha value is -9.24. The third-order valence-electron chi connectivity index (χ3n) is 16.9. The molecule has 0 amide bonds. The summed E-state index contributed by atoms with van der Waals surface area (Å²) in [6.07, 6.45) is 0. The van der Waals surface area contributed by atoms with Crippen molar-refractivity contribution in [1.29, 1.82) is 0 Å². The van der Waals surface area contributed by atoms with Crippen molar-refractivity contribution in [1.82, 2.24) is 0 Å². The van der Waals surface area contributed by atoms with Crippen LogP contribution in [0.5, 0.6) is 0 Å². The first-order valence-electron chi connectivity index (χ1n) is 27.9. The second-order valence-corrected chi connectivity index (χ2v) is 23.7. The van der Waals surface area contributed by atoms with E-state index in [-0.39, 0.29) is 10.8 Å². The molecular weight excluding hydrogens is 953 g/mol. The Morgan fingerprint density at radius 1 is 0.266 bits per heavy atom. The molecule has 14 rings (SSSR count). The molecule has 2 aliphatic rings. The molecule has 0 aliphatic heterocycles. The molecule has 79 heavy (non-hydrogen) atoms. The molecule has 1 spiro atoms. The molecule has 0 aromatic heterocycles. The summed E-state index contributed by atoms with van der Waals surface area (Å²) in [5, 5.41) is 4.99. The quantitative estimate of drug-likeness (QED) is 0.140. The minimum atomic E-state index is -0.641. The van der Waals surface area contributed by atoms with E-state index < -0.39 is 5.41 Å². The zero-order valence-electron chi connectivity index (χ0n) is 45.8. The third kappa shape index (κ3) is 7.84. The predicted molar refractivity (Wildman–Crippen MR) is 335 cm³/mol. The number of fused-ring (bicyclic) bond motifs is 15. The van der Waals surface area contributed by atoms with Crippen LogP contribution in [0.25, 0.3) is 66.1 Å². The maximum atomic E-state index is 2.54. The first-order valence-corrected chi connectivity index (χ1v) is 27.9. The standard InChI is InChI=1S/C77H62N2/c1-75(2,3)55-35-39-57(40-36-55)78(59-27-19-25-53(47-59)51-21-9-7-10-22-51)61-43-45-67-69(49-61)63-29-13-14-32-66(63)73-68-46-44-62(50-72(68)77(74(67)73)70-33-17-15-30-64(70)65-31-16-18-34-71(65)77)79(58-41-37-56(38-42-58)76(4,5)6)60-28-20-26-54(48-60)52-23-11-8-12-24-52/h7-50H,1-6H3. The number of rotatable bonds is 8. The predicted octanol–water partition coefficient (Wildman–Crippen LogP) is 21.2. The average Bonchev–Trinajstić information content (AvgIpc) is 2.02. The smallest absolute Gasteiger partial charge is 0.0732 e. The van der Waals surface area contributed by atoms with Crippen LogP contribution in [-0.2, 0) is 16.2 Å². The fourth-order valence-electron chi connectivity index (χ4n) is 13.1. The van der Waals surface area contributed by atoms with Gasteiger partial charge in [0.15, 0.2) is 0 Å². The lowest BCUT2D eigenvalue weighted by molar-refractivity contribution is 0.590. The highest BCUT2D eigenvalue weighted by Gasteiger charge is 2.53. The first-order chi connectivity index (χ1) is 38.4. The molecule has 12 aromatic carbocycles. The molecule has 0 unspecified atom stereocenters. The highest BCUT2D eigenvalue weighted by molar-refractivity contribution is 6.21. The zero-order chi connectivity index (χ0) is 53.6. The van der Waals surface area contributed by atoms with Crippen molar-refractivity contribution < 1.29 is 0 Å². The van der Waals surface area contributed by atoms with Crippen LogP contribution in [-0.4, -0.2) is 0 Å². The molecule has 12 aromatic rings. The maximum Gasteiger partial charge on any atom is 0.0732 e. The van der Waals surface area contributed by atoms with Gasteiger partial charge in [-0.25, -0.2) is 0 Å². The molecule has 0 N–H and O–H groups in total. The summed E-state index contributed by atoms with van der Waals surface area (Å²) in [5.74, 6) is 0. The van der Waals surface area contributed by atoms with Crippen LogP contribution in [0.4, 0.5) is 34.1 Å². The number of hydrogen-bond donors (Lipinski definition) is 0. The number of benzene rings is 12. The van der Waals surface area contributed by atoms with E-state index in [4.69, 9.17) is 0 Å². The Bertz CT molecular complexity index is 4260. The van der Waals surface area contributed by atoms with Crippen LogP contribution >= 0.6 is 0 Å². The van der Waals surface area contributed by atoms with Crippen molar-refractivity contribution in [2.24, 2.45) is 0 Å². The van der Waals surface area contributed by atoms with Gasteiger partial charge < -0.3 is 9.80 Å². The van der Waals surface area contributed by atoms with Crippen molar-refractivity contribution >= 4 is 55.7 Å². The Morgan fingerprint density at radius 2 is 0.684 bits per heavy atom. The van der Waals surface area contributed by atoms with Crippen molar-refractivity contribution in [2.75, 3.05) is 9.80 Å². The highest BCUT2D eigenvalue weighted by Crippen LogP contribution is 2.66. The lowest BCUT2D eigenvalue weighted by atomic mass is 9.69. The third-order valence-corrected chi connectivity index (χ3v) is 16.9. The largest absolute Gasteiger partial charge is 0.310 e. The SMILES string of the molecule is CC(C)(C)c1ccc(N(c2cccc(-c3ccccc3)c2)c2ccc3c(c2)C2(c4ccccc4-c4ccccc42)c2c-3c3ccccc3c3cc(N(c4ccc(C(C)(C)C)cc4)c4cccc(-c5ccccc5)c4)ccc23)cc1. The topological polar surface area (TPSA) is 6.48 Å². The van der Waals surface area contributed by atoms with Gasteiger partial charge in [0.1, 0.15) is 0 Å². The molecule has 0 fully saturated rings. The van der Waals surface area contributed by atoms with Crippen LogP contribution in [0.3, 0.4) is 0 Å². The van der Waals surface area contributed by atoms with Gasteiger partial charge in [-0.05, 0) is 183 Å². The Morgan fingerprint density at radius 3 is 1.20 bits per heavy atom. The minimum absolute atomic E-state index is 0.0152. The highest BCUT2D eigenvalue weighted by atomic mass is 15.1. The molecule has 0 saturated carbocycles. The molecule has 0 saturated heterocycles. The Balaban J connectivity index is 1.03. The Labute approximate surface area is 465 Å². The van der Waals surface area contributed by atoms with Gasteiger partial charge in [-0.3, -0.25) is 0 Å². The van der Waals surface area contributed by atoms with Gasteiger partial charge >= 0.3 is 0 Å². The van der Waals surface area contributed by atoms with Crippen molar-refractivity contribution in [3.63, 3.8) is 0 Å². The van der Waals surface area contributed by atoms with E-state index >= 15 is 0 Å². The molecule has 0 atom stereocenters. The average molecular weight is 1020 g/mol.